The van der Waals surface area contributed by atoms with Crippen molar-refractivity contribution in [1.82, 2.24) is 4.98 Å². The first-order valence-electron chi connectivity index (χ1n) is 4.52. The van der Waals surface area contributed by atoms with Gasteiger partial charge in [-0.15, -0.1) is 0 Å². The zero-order valence-electron chi connectivity index (χ0n) is 8.13. The summed E-state index contributed by atoms with van der Waals surface area (Å²) in [5, 5.41) is 0.543. The zero-order chi connectivity index (χ0) is 11.7. The summed E-state index contributed by atoms with van der Waals surface area (Å²) in [5.74, 6) is -0.171. The van der Waals surface area contributed by atoms with E-state index in [1.54, 1.807) is 18.3 Å². The van der Waals surface area contributed by atoms with Gasteiger partial charge in [-0.25, -0.2) is 0 Å². The van der Waals surface area contributed by atoms with E-state index in [2.05, 4.69) is 4.98 Å². The Morgan fingerprint density at radius 3 is 2.62 bits per heavy atom. The van der Waals surface area contributed by atoms with E-state index in [1.165, 1.54) is 12.1 Å². The van der Waals surface area contributed by atoms with Gasteiger partial charge in [0.2, 0.25) is 5.78 Å². The van der Waals surface area contributed by atoms with Crippen LogP contribution in [0.25, 0.3) is 0 Å². The van der Waals surface area contributed by atoms with Crippen LogP contribution < -0.4 is 5.73 Å². The molecule has 3 nitrogen and oxygen atoms in total. The number of hydrogen-bond acceptors (Lipinski definition) is 2. The van der Waals surface area contributed by atoms with Crippen LogP contribution in [-0.2, 0) is 0 Å². The predicted molar refractivity (Wildman–Crippen MR) is 65.1 cm³/mol. The third-order valence-corrected chi connectivity index (χ3v) is 2.98. The van der Waals surface area contributed by atoms with E-state index in [9.17, 15) is 4.79 Å². The van der Waals surface area contributed by atoms with E-state index in [1.807, 2.05) is 0 Å². The van der Waals surface area contributed by atoms with Gasteiger partial charge in [0.1, 0.15) is 0 Å². The molecule has 0 saturated carbocycles. The Morgan fingerprint density at radius 1 is 1.31 bits per heavy atom. The van der Waals surface area contributed by atoms with Gasteiger partial charge >= 0.3 is 0 Å². The average Bonchev–Trinajstić information content (AvgIpc) is 2.77. The number of nitrogen functional groups attached to an aromatic ring is 1. The lowest BCUT2D eigenvalue weighted by Crippen LogP contribution is -2.03. The normalized spacial score (nSPS) is 10.4. The summed E-state index contributed by atoms with van der Waals surface area (Å²) < 4.78 is 0. The number of carbonyl (C=O) groups is 1. The molecule has 1 heterocycles. The van der Waals surface area contributed by atoms with Crippen molar-refractivity contribution in [2.45, 2.75) is 0 Å². The Kier molecular flexibility index (Phi) is 2.90. The number of aromatic amines is 1. The van der Waals surface area contributed by atoms with Crippen LogP contribution in [0.3, 0.4) is 0 Å². The number of hydrogen-bond donors (Lipinski definition) is 2. The highest BCUT2D eigenvalue weighted by atomic mass is 35.5. The molecule has 16 heavy (non-hydrogen) atoms. The molecule has 1 aromatic carbocycles. The number of H-pyrrole nitrogens is 1. The molecule has 0 saturated heterocycles. The van der Waals surface area contributed by atoms with Gasteiger partial charge < -0.3 is 10.7 Å². The molecule has 0 aliphatic heterocycles. The highest BCUT2D eigenvalue weighted by Gasteiger charge is 2.13. The second-order valence-corrected chi connectivity index (χ2v) is 4.06. The second-order valence-electron chi connectivity index (χ2n) is 3.27. The Hall–Kier alpha value is -1.45. The molecule has 0 unspecified atom stereocenters. The highest BCUT2D eigenvalue weighted by Crippen LogP contribution is 2.30. The van der Waals surface area contributed by atoms with E-state index < -0.39 is 0 Å². The number of benzene rings is 1. The average molecular weight is 255 g/mol. The minimum absolute atomic E-state index is 0.171. The van der Waals surface area contributed by atoms with E-state index in [-0.39, 0.29) is 15.8 Å². The van der Waals surface area contributed by atoms with Crippen LogP contribution >= 0.6 is 23.2 Å². The Bertz CT molecular complexity index is 512. The summed E-state index contributed by atoms with van der Waals surface area (Å²) in [6.07, 6.45) is 1.67. The minimum Gasteiger partial charge on any atom is -0.397 e. The number of nitrogens with one attached hydrogen (secondary N) is 1. The van der Waals surface area contributed by atoms with Crippen molar-refractivity contribution in [1.29, 1.82) is 0 Å². The monoisotopic (exact) mass is 254 g/mol. The van der Waals surface area contributed by atoms with Crippen molar-refractivity contribution >= 4 is 34.7 Å². The molecule has 0 fully saturated rings. The fourth-order valence-electron chi connectivity index (χ4n) is 1.37. The van der Waals surface area contributed by atoms with Crippen LogP contribution in [0.4, 0.5) is 5.69 Å². The Morgan fingerprint density at radius 2 is 2.06 bits per heavy atom. The second kappa shape index (κ2) is 4.20. The maximum atomic E-state index is 11.9. The van der Waals surface area contributed by atoms with Crippen LogP contribution in [0, 0.1) is 0 Å². The Balaban J connectivity index is 2.46. The molecule has 2 rings (SSSR count). The van der Waals surface area contributed by atoms with E-state index in [0.717, 1.165) is 0 Å². The third-order valence-electron chi connectivity index (χ3n) is 2.16. The first-order chi connectivity index (χ1) is 7.59. The number of anilines is 1. The number of rotatable bonds is 2. The van der Waals surface area contributed by atoms with Crippen molar-refractivity contribution in [3.8, 4) is 0 Å². The van der Waals surface area contributed by atoms with Crippen molar-refractivity contribution in [2.75, 3.05) is 5.73 Å². The van der Waals surface area contributed by atoms with Crippen LogP contribution in [-0.4, -0.2) is 10.8 Å². The first-order valence-corrected chi connectivity index (χ1v) is 5.28. The summed E-state index contributed by atoms with van der Waals surface area (Å²) in [7, 11) is 0. The molecule has 82 valence electrons. The van der Waals surface area contributed by atoms with Gasteiger partial charge in [0, 0.05) is 11.8 Å². The molecule has 0 aliphatic carbocycles. The maximum Gasteiger partial charge on any atom is 0.209 e. The molecule has 0 amide bonds. The first kappa shape index (κ1) is 11.0. The molecule has 0 aliphatic rings. The van der Waals surface area contributed by atoms with Crippen LogP contribution in [0.5, 0.6) is 0 Å². The van der Waals surface area contributed by atoms with Crippen molar-refractivity contribution in [2.24, 2.45) is 0 Å². The van der Waals surface area contributed by atoms with Crippen LogP contribution in [0.15, 0.2) is 30.5 Å². The topological polar surface area (TPSA) is 58.9 Å². The minimum atomic E-state index is -0.171. The zero-order valence-corrected chi connectivity index (χ0v) is 9.64. The summed E-state index contributed by atoms with van der Waals surface area (Å²) >= 11 is 11.7. The quantitative estimate of drug-likeness (QED) is 0.639. The van der Waals surface area contributed by atoms with E-state index in [0.29, 0.717) is 16.9 Å². The maximum absolute atomic E-state index is 11.9. The van der Waals surface area contributed by atoms with Gasteiger partial charge in [-0.3, -0.25) is 4.79 Å². The highest BCUT2D eigenvalue weighted by molar-refractivity contribution is 6.44. The van der Waals surface area contributed by atoms with E-state index >= 15 is 0 Å². The predicted octanol–water partition coefficient (Wildman–Crippen LogP) is 3.13. The summed E-state index contributed by atoms with van der Waals surface area (Å²) in [6, 6.07) is 6.44. The molecular formula is C11H8Cl2N2O. The molecule has 5 heteroatoms. The summed E-state index contributed by atoms with van der Waals surface area (Å²) in [4.78, 5) is 14.8. The lowest BCUT2D eigenvalue weighted by atomic mass is 10.1. The number of aromatic nitrogens is 1. The lowest BCUT2D eigenvalue weighted by Gasteiger charge is -2.04. The number of ketones is 1. The molecule has 0 radical (unpaired) electrons. The molecule has 0 spiro atoms. The van der Waals surface area contributed by atoms with Gasteiger partial charge in [-0.1, -0.05) is 23.2 Å². The molecular weight excluding hydrogens is 247 g/mol. The molecule has 3 N–H and O–H groups in total. The van der Waals surface area contributed by atoms with Crippen molar-refractivity contribution < 1.29 is 4.79 Å². The van der Waals surface area contributed by atoms with Gasteiger partial charge in [-0.2, -0.15) is 0 Å². The summed E-state index contributed by atoms with van der Waals surface area (Å²) in [6.45, 7) is 0. The van der Waals surface area contributed by atoms with Crippen molar-refractivity contribution in [3.05, 3.63) is 51.8 Å². The van der Waals surface area contributed by atoms with Gasteiger partial charge in [0.05, 0.1) is 21.4 Å². The number of halogens is 2. The molecule has 0 bridgehead atoms. The molecule has 0 atom stereocenters. The third kappa shape index (κ3) is 1.92. The van der Waals surface area contributed by atoms with Gasteiger partial charge in [-0.05, 0) is 24.3 Å². The summed E-state index contributed by atoms with van der Waals surface area (Å²) in [5.41, 5.74) is 6.82. The molecule has 2 aromatic rings. The standard InChI is InChI=1S/C11H8Cl2N2O/c12-7-4-6(5-8(14)10(7)13)11(16)9-2-1-3-15-9/h1-5,15H,14H2. The smallest absolute Gasteiger partial charge is 0.209 e. The Labute approximate surface area is 102 Å². The largest absolute Gasteiger partial charge is 0.397 e. The van der Waals surface area contributed by atoms with Crippen molar-refractivity contribution in [3.63, 3.8) is 0 Å². The molecule has 1 aromatic heterocycles. The number of nitrogens with two attached hydrogens (primary N) is 1. The lowest BCUT2D eigenvalue weighted by molar-refractivity contribution is 0.103. The van der Waals surface area contributed by atoms with Gasteiger partial charge in [0.15, 0.2) is 0 Å². The van der Waals surface area contributed by atoms with Gasteiger partial charge in [0.25, 0.3) is 0 Å². The fourth-order valence-corrected chi connectivity index (χ4v) is 1.70. The van der Waals surface area contributed by atoms with E-state index in [4.69, 9.17) is 28.9 Å². The van der Waals surface area contributed by atoms with Crippen LogP contribution in [0.2, 0.25) is 10.0 Å². The van der Waals surface area contributed by atoms with Crippen LogP contribution in [0.1, 0.15) is 16.1 Å². The fraction of sp³-hybridized carbons (Fsp3) is 0. The SMILES string of the molecule is Nc1cc(C(=O)c2ccc[nH]2)cc(Cl)c1Cl. The number of carbonyl (C=O) groups excluding carboxylic acids is 1.